The van der Waals surface area contributed by atoms with E-state index < -0.39 is 0 Å². The third-order valence-corrected chi connectivity index (χ3v) is 7.00. The van der Waals surface area contributed by atoms with E-state index in [0.29, 0.717) is 0 Å². The van der Waals surface area contributed by atoms with Crippen molar-refractivity contribution in [3.05, 3.63) is 60.7 Å². The van der Waals surface area contributed by atoms with E-state index in [4.69, 9.17) is 4.74 Å². The molecular weight excluding hydrogens is 312 g/mol. The monoisotopic (exact) mass is 332 g/mol. The van der Waals surface area contributed by atoms with Gasteiger partial charge in [-0.25, -0.2) is 0 Å². The second-order valence-electron chi connectivity index (χ2n) is 5.43. The van der Waals surface area contributed by atoms with Crippen molar-refractivity contribution in [3.63, 3.8) is 0 Å². The second-order valence-corrected chi connectivity index (χ2v) is 8.50. The molecule has 0 aromatic heterocycles. The minimum Gasteiger partial charge on any atom is -0.394 e. The van der Waals surface area contributed by atoms with E-state index in [1.165, 1.54) is 9.79 Å². The van der Waals surface area contributed by atoms with Crippen molar-refractivity contribution in [2.45, 2.75) is 39.4 Å². The van der Waals surface area contributed by atoms with E-state index in [1.807, 2.05) is 35.7 Å². The SMILES string of the molecule is C[C@@H]1O[C@H](CO)CC1(Sc1ccccc1)Sc1ccccc1. The zero-order valence-electron chi connectivity index (χ0n) is 12.5. The zero-order valence-corrected chi connectivity index (χ0v) is 14.1. The summed E-state index contributed by atoms with van der Waals surface area (Å²) in [6.45, 7) is 2.19. The molecule has 0 amide bonds. The van der Waals surface area contributed by atoms with E-state index in [9.17, 15) is 5.11 Å². The summed E-state index contributed by atoms with van der Waals surface area (Å²) in [7, 11) is 0. The van der Waals surface area contributed by atoms with E-state index >= 15 is 0 Å². The fraction of sp³-hybridized carbons (Fsp3) is 0.333. The fourth-order valence-corrected chi connectivity index (χ4v) is 5.79. The lowest BCUT2D eigenvalue weighted by molar-refractivity contribution is 0.0194. The van der Waals surface area contributed by atoms with E-state index in [-0.39, 0.29) is 22.9 Å². The maximum atomic E-state index is 9.50. The first kappa shape index (κ1) is 15.9. The predicted molar refractivity (Wildman–Crippen MR) is 93.4 cm³/mol. The molecule has 1 N–H and O–H groups in total. The Bertz CT molecular complexity index is 547. The predicted octanol–water partition coefficient (Wildman–Crippen LogP) is 4.44. The van der Waals surface area contributed by atoms with Crippen LogP contribution >= 0.6 is 23.5 Å². The molecule has 1 aliphatic rings. The maximum absolute atomic E-state index is 9.50. The highest BCUT2D eigenvalue weighted by Gasteiger charge is 2.47. The summed E-state index contributed by atoms with van der Waals surface area (Å²) in [5.41, 5.74) is 0. The van der Waals surface area contributed by atoms with Gasteiger partial charge in [-0.2, -0.15) is 0 Å². The normalized spacial score (nSPS) is 23.5. The zero-order chi connectivity index (χ0) is 15.4. The van der Waals surface area contributed by atoms with Crippen LogP contribution in [-0.2, 0) is 4.74 Å². The highest BCUT2D eigenvalue weighted by Crippen LogP contribution is 2.55. The van der Waals surface area contributed by atoms with Crippen LogP contribution in [0.15, 0.2) is 70.5 Å². The molecule has 2 aromatic carbocycles. The van der Waals surface area contributed by atoms with Gasteiger partial charge in [-0.15, -0.1) is 23.5 Å². The Morgan fingerprint density at radius 1 is 1.00 bits per heavy atom. The van der Waals surface area contributed by atoms with Gasteiger partial charge in [0.15, 0.2) is 0 Å². The largest absolute Gasteiger partial charge is 0.394 e. The van der Waals surface area contributed by atoms with Crippen LogP contribution in [0.2, 0.25) is 0 Å². The van der Waals surface area contributed by atoms with Crippen LogP contribution in [0.25, 0.3) is 0 Å². The van der Waals surface area contributed by atoms with Crippen molar-refractivity contribution in [1.29, 1.82) is 0 Å². The Morgan fingerprint density at radius 2 is 1.50 bits per heavy atom. The molecule has 2 nitrogen and oxygen atoms in total. The molecule has 1 heterocycles. The Balaban J connectivity index is 1.88. The summed E-state index contributed by atoms with van der Waals surface area (Å²) in [6.07, 6.45) is 0.826. The van der Waals surface area contributed by atoms with Crippen molar-refractivity contribution in [3.8, 4) is 0 Å². The quantitative estimate of drug-likeness (QED) is 0.820. The number of hydrogen-bond acceptors (Lipinski definition) is 4. The summed E-state index contributed by atoms with van der Waals surface area (Å²) in [5.74, 6) is 0. The van der Waals surface area contributed by atoms with Gasteiger partial charge in [-0.1, -0.05) is 36.4 Å². The van der Waals surface area contributed by atoms with Crippen molar-refractivity contribution in [2.24, 2.45) is 0 Å². The minimum absolute atomic E-state index is 0.0695. The van der Waals surface area contributed by atoms with Crippen LogP contribution < -0.4 is 0 Å². The van der Waals surface area contributed by atoms with E-state index in [1.54, 1.807) is 0 Å². The topological polar surface area (TPSA) is 29.5 Å². The molecule has 1 saturated heterocycles. The molecule has 1 aliphatic heterocycles. The van der Waals surface area contributed by atoms with Crippen LogP contribution in [0.4, 0.5) is 0 Å². The van der Waals surface area contributed by atoms with Gasteiger partial charge in [0.1, 0.15) is 0 Å². The van der Waals surface area contributed by atoms with Gasteiger partial charge in [0.25, 0.3) is 0 Å². The van der Waals surface area contributed by atoms with Crippen molar-refractivity contribution in [1.82, 2.24) is 0 Å². The van der Waals surface area contributed by atoms with E-state index in [2.05, 4.69) is 55.5 Å². The molecule has 2 atom stereocenters. The number of rotatable bonds is 5. The lowest BCUT2D eigenvalue weighted by Gasteiger charge is -2.31. The molecule has 0 saturated carbocycles. The minimum atomic E-state index is -0.115. The first-order valence-electron chi connectivity index (χ1n) is 7.46. The van der Waals surface area contributed by atoms with Crippen LogP contribution in [-0.4, -0.2) is 28.0 Å². The average molecular weight is 332 g/mol. The molecule has 22 heavy (non-hydrogen) atoms. The lowest BCUT2D eigenvalue weighted by Crippen LogP contribution is -2.28. The molecule has 4 heteroatoms. The van der Waals surface area contributed by atoms with Crippen LogP contribution in [0.3, 0.4) is 0 Å². The number of aliphatic hydroxyl groups excluding tert-OH is 1. The molecule has 116 valence electrons. The Morgan fingerprint density at radius 3 is 1.91 bits per heavy atom. The molecule has 1 fully saturated rings. The second kappa shape index (κ2) is 7.09. The van der Waals surface area contributed by atoms with Crippen LogP contribution in [0, 0.1) is 0 Å². The van der Waals surface area contributed by atoms with Gasteiger partial charge in [-0.05, 0) is 31.2 Å². The number of aliphatic hydroxyl groups is 1. The molecule has 3 rings (SSSR count). The Labute approximate surface area is 140 Å². The standard InChI is InChI=1S/C18H20O2S2/c1-14-18(12-15(13-19)20-14,21-16-8-4-2-5-9-16)22-17-10-6-3-7-11-17/h2-11,14-15,19H,12-13H2,1H3/t14-,15-/m0/s1. The van der Waals surface area contributed by atoms with Gasteiger partial charge in [-0.3, -0.25) is 0 Å². The number of benzene rings is 2. The Hall–Kier alpha value is -0.940. The maximum Gasteiger partial charge on any atom is 0.0987 e. The Kier molecular flexibility index (Phi) is 5.14. The molecular formula is C18H20O2S2. The van der Waals surface area contributed by atoms with Crippen molar-refractivity contribution >= 4 is 23.5 Å². The molecule has 0 bridgehead atoms. The molecule has 0 aliphatic carbocycles. The average Bonchev–Trinajstić information content (AvgIpc) is 2.85. The van der Waals surface area contributed by atoms with E-state index in [0.717, 1.165) is 6.42 Å². The highest BCUT2D eigenvalue weighted by molar-refractivity contribution is 8.18. The number of ether oxygens (including phenoxy) is 1. The van der Waals surface area contributed by atoms with Crippen molar-refractivity contribution in [2.75, 3.05) is 6.61 Å². The lowest BCUT2D eigenvalue weighted by atomic mass is 10.2. The van der Waals surface area contributed by atoms with Gasteiger partial charge < -0.3 is 9.84 Å². The first-order chi connectivity index (χ1) is 10.7. The molecule has 2 aromatic rings. The van der Waals surface area contributed by atoms with Crippen molar-refractivity contribution < 1.29 is 9.84 Å². The number of thioether (sulfide) groups is 2. The summed E-state index contributed by atoms with van der Waals surface area (Å²) >= 11 is 3.70. The first-order valence-corrected chi connectivity index (χ1v) is 9.09. The molecule has 0 unspecified atom stereocenters. The summed E-state index contributed by atoms with van der Waals surface area (Å²) in [5, 5.41) is 9.50. The third kappa shape index (κ3) is 3.51. The summed E-state index contributed by atoms with van der Waals surface area (Å²) in [6, 6.07) is 20.9. The van der Waals surface area contributed by atoms with Gasteiger partial charge >= 0.3 is 0 Å². The highest BCUT2D eigenvalue weighted by atomic mass is 32.2. The number of hydrogen-bond donors (Lipinski definition) is 1. The summed E-state index contributed by atoms with van der Waals surface area (Å²) in [4.78, 5) is 2.47. The fourth-order valence-electron chi connectivity index (χ4n) is 2.68. The van der Waals surface area contributed by atoms with Crippen LogP contribution in [0.1, 0.15) is 13.3 Å². The molecule has 0 spiro atoms. The molecule has 0 radical (unpaired) electrons. The smallest absolute Gasteiger partial charge is 0.0987 e. The summed E-state index contributed by atoms with van der Waals surface area (Å²) < 4.78 is 5.86. The van der Waals surface area contributed by atoms with Crippen LogP contribution in [0.5, 0.6) is 0 Å². The van der Waals surface area contributed by atoms with Gasteiger partial charge in [0.05, 0.1) is 22.9 Å². The third-order valence-electron chi connectivity index (χ3n) is 3.80. The van der Waals surface area contributed by atoms with Gasteiger partial charge in [0.2, 0.25) is 0 Å². The van der Waals surface area contributed by atoms with Gasteiger partial charge in [0, 0.05) is 16.2 Å².